The molecule has 1 aromatic carbocycles. The number of pyridine rings is 1. The number of rotatable bonds is 4. The van der Waals surface area contributed by atoms with E-state index < -0.39 is 0 Å². The minimum Gasteiger partial charge on any atom is -0.351 e. The van der Waals surface area contributed by atoms with Gasteiger partial charge in [0, 0.05) is 30.3 Å². The number of benzene rings is 1. The van der Waals surface area contributed by atoms with Crippen molar-refractivity contribution in [3.63, 3.8) is 0 Å². The number of nitrogens with one attached hydrogen (secondary N) is 1. The van der Waals surface area contributed by atoms with Crippen molar-refractivity contribution in [1.29, 1.82) is 0 Å². The maximum absolute atomic E-state index is 5.86. The third-order valence-corrected chi connectivity index (χ3v) is 7.26. The van der Waals surface area contributed by atoms with Gasteiger partial charge in [0.2, 0.25) is 0 Å². The zero-order chi connectivity index (χ0) is 21.4. The number of thiocarbonyl (C=S) groups is 1. The van der Waals surface area contributed by atoms with Crippen molar-refractivity contribution in [2.75, 3.05) is 4.90 Å². The van der Waals surface area contributed by atoms with Gasteiger partial charge < -0.3 is 14.8 Å². The number of aryl methyl sites for hydroxylation is 2. The number of aromatic nitrogens is 2. The summed E-state index contributed by atoms with van der Waals surface area (Å²) in [7, 11) is 0. The molecule has 0 radical (unpaired) electrons. The molecule has 3 heterocycles. The molecule has 1 saturated carbocycles. The Balaban J connectivity index is 1.56. The molecule has 2 aromatic heterocycles. The fraction of sp³-hybridized carbons (Fsp3) is 0.385. The summed E-state index contributed by atoms with van der Waals surface area (Å²) in [5.41, 5.74) is 6.01. The number of anilines is 1. The molecule has 2 atom stereocenters. The van der Waals surface area contributed by atoms with Crippen LogP contribution in [0.3, 0.4) is 0 Å². The predicted molar refractivity (Wildman–Crippen MR) is 130 cm³/mol. The quantitative estimate of drug-likeness (QED) is 0.501. The summed E-state index contributed by atoms with van der Waals surface area (Å²) in [5, 5.41) is 4.33. The minimum atomic E-state index is 0.0116. The second-order valence-corrected chi connectivity index (χ2v) is 9.34. The van der Waals surface area contributed by atoms with Crippen molar-refractivity contribution in [1.82, 2.24) is 14.9 Å². The molecule has 1 N–H and O–H groups in total. The van der Waals surface area contributed by atoms with Crippen LogP contribution in [0.5, 0.6) is 0 Å². The standard InChI is InChI=1S/C26H30N4S/c1-18-11-12-22(16-19(18)2)30-25(24(28-26(30)31)23-10-6-7-14-27-23)20-13-15-29(17-20)21-8-4-3-5-9-21/h6-7,10-17,21,24-25H,3-5,8-9H2,1-2H3,(H,28,31)/t24-,25-/m1/s1. The van der Waals surface area contributed by atoms with E-state index in [2.05, 4.69) is 82.4 Å². The van der Waals surface area contributed by atoms with E-state index in [1.807, 2.05) is 12.3 Å². The van der Waals surface area contributed by atoms with Gasteiger partial charge in [-0.2, -0.15) is 0 Å². The molecule has 0 spiro atoms. The van der Waals surface area contributed by atoms with Gasteiger partial charge in [0.25, 0.3) is 0 Å². The summed E-state index contributed by atoms with van der Waals surface area (Å²) in [4.78, 5) is 6.95. The van der Waals surface area contributed by atoms with Crippen LogP contribution in [-0.2, 0) is 0 Å². The summed E-state index contributed by atoms with van der Waals surface area (Å²) >= 11 is 5.86. The Morgan fingerprint density at radius 2 is 1.84 bits per heavy atom. The van der Waals surface area contributed by atoms with E-state index in [0.29, 0.717) is 6.04 Å². The van der Waals surface area contributed by atoms with Gasteiger partial charge in [-0.1, -0.05) is 31.4 Å². The first-order chi connectivity index (χ1) is 15.1. The van der Waals surface area contributed by atoms with Crippen LogP contribution in [0.1, 0.15) is 72.6 Å². The lowest BCUT2D eigenvalue weighted by Gasteiger charge is -2.28. The van der Waals surface area contributed by atoms with Gasteiger partial charge in [-0.25, -0.2) is 0 Å². The van der Waals surface area contributed by atoms with E-state index in [4.69, 9.17) is 12.2 Å². The van der Waals surface area contributed by atoms with E-state index in [1.165, 1.54) is 48.8 Å². The Hall–Kier alpha value is -2.66. The van der Waals surface area contributed by atoms with Gasteiger partial charge >= 0.3 is 0 Å². The molecule has 1 aliphatic carbocycles. The van der Waals surface area contributed by atoms with Crippen LogP contribution in [0.25, 0.3) is 0 Å². The van der Waals surface area contributed by atoms with E-state index in [-0.39, 0.29) is 12.1 Å². The van der Waals surface area contributed by atoms with Crippen molar-refractivity contribution >= 4 is 23.0 Å². The molecule has 5 heteroatoms. The van der Waals surface area contributed by atoms with Crippen LogP contribution in [0.4, 0.5) is 5.69 Å². The van der Waals surface area contributed by atoms with Crippen molar-refractivity contribution in [3.8, 4) is 0 Å². The Kier molecular flexibility index (Phi) is 5.53. The first kappa shape index (κ1) is 20.3. The Morgan fingerprint density at radius 3 is 2.58 bits per heavy atom. The predicted octanol–water partition coefficient (Wildman–Crippen LogP) is 6.18. The average molecular weight is 431 g/mol. The Labute approximate surface area is 190 Å². The summed E-state index contributed by atoms with van der Waals surface area (Å²) in [6, 6.07) is 15.7. The second-order valence-electron chi connectivity index (χ2n) is 8.95. The van der Waals surface area contributed by atoms with E-state index >= 15 is 0 Å². The maximum Gasteiger partial charge on any atom is 0.174 e. The van der Waals surface area contributed by atoms with Crippen LogP contribution < -0.4 is 10.2 Å². The molecule has 5 rings (SSSR count). The fourth-order valence-corrected chi connectivity index (χ4v) is 5.40. The molecule has 2 fully saturated rings. The molecule has 0 amide bonds. The van der Waals surface area contributed by atoms with Crippen LogP contribution in [0.15, 0.2) is 61.1 Å². The molecule has 0 unspecified atom stereocenters. The van der Waals surface area contributed by atoms with Crippen LogP contribution in [0, 0.1) is 13.8 Å². The number of hydrogen-bond donors (Lipinski definition) is 1. The SMILES string of the molecule is Cc1ccc(N2C(=S)N[C@H](c3ccccn3)[C@H]2c2ccn(C3CCCCC3)c2)cc1C. The summed E-state index contributed by atoms with van der Waals surface area (Å²) in [6.45, 7) is 4.31. The highest BCUT2D eigenvalue weighted by atomic mass is 32.1. The van der Waals surface area contributed by atoms with Crippen molar-refractivity contribution < 1.29 is 0 Å². The molecule has 0 bridgehead atoms. The van der Waals surface area contributed by atoms with Gasteiger partial charge in [-0.05, 0) is 85.9 Å². The molecule has 4 nitrogen and oxygen atoms in total. The lowest BCUT2D eigenvalue weighted by molar-refractivity contribution is 0.353. The largest absolute Gasteiger partial charge is 0.351 e. The van der Waals surface area contributed by atoms with Crippen molar-refractivity contribution in [3.05, 3.63) is 83.4 Å². The zero-order valence-corrected chi connectivity index (χ0v) is 19.1. The van der Waals surface area contributed by atoms with Gasteiger partial charge in [-0.15, -0.1) is 0 Å². The lowest BCUT2D eigenvalue weighted by Crippen LogP contribution is -2.29. The van der Waals surface area contributed by atoms with Crippen LogP contribution in [0.2, 0.25) is 0 Å². The number of hydrogen-bond acceptors (Lipinski definition) is 2. The minimum absolute atomic E-state index is 0.0116. The number of nitrogens with zero attached hydrogens (tertiary/aromatic N) is 3. The van der Waals surface area contributed by atoms with E-state index in [0.717, 1.165) is 16.5 Å². The molecular formula is C26H30N4S. The van der Waals surface area contributed by atoms with Crippen LogP contribution in [-0.4, -0.2) is 14.7 Å². The summed E-state index contributed by atoms with van der Waals surface area (Å²) < 4.78 is 2.43. The maximum atomic E-state index is 5.86. The van der Waals surface area contributed by atoms with Gasteiger partial charge in [-0.3, -0.25) is 4.98 Å². The first-order valence-corrected chi connectivity index (χ1v) is 11.8. The smallest absolute Gasteiger partial charge is 0.174 e. The highest BCUT2D eigenvalue weighted by Gasteiger charge is 2.41. The van der Waals surface area contributed by atoms with Gasteiger partial charge in [0.1, 0.15) is 0 Å². The molecular weight excluding hydrogens is 400 g/mol. The third-order valence-electron chi connectivity index (χ3n) is 6.94. The zero-order valence-electron chi connectivity index (χ0n) is 18.3. The Bertz CT molecular complexity index is 1070. The molecule has 3 aromatic rings. The molecule has 160 valence electrons. The lowest BCUT2D eigenvalue weighted by atomic mass is 9.95. The molecule has 31 heavy (non-hydrogen) atoms. The third kappa shape index (κ3) is 3.87. The van der Waals surface area contributed by atoms with Crippen molar-refractivity contribution in [2.24, 2.45) is 0 Å². The highest BCUT2D eigenvalue weighted by molar-refractivity contribution is 7.80. The van der Waals surface area contributed by atoms with Crippen LogP contribution >= 0.6 is 12.2 Å². The topological polar surface area (TPSA) is 33.1 Å². The van der Waals surface area contributed by atoms with E-state index in [1.54, 1.807) is 0 Å². The first-order valence-electron chi connectivity index (χ1n) is 11.4. The van der Waals surface area contributed by atoms with Gasteiger partial charge in [0.15, 0.2) is 5.11 Å². The Morgan fingerprint density at radius 1 is 1.00 bits per heavy atom. The fourth-order valence-electron chi connectivity index (χ4n) is 5.06. The molecule has 1 aliphatic heterocycles. The highest BCUT2D eigenvalue weighted by Crippen LogP contribution is 2.42. The van der Waals surface area contributed by atoms with Gasteiger partial charge in [0.05, 0.1) is 17.8 Å². The second kappa shape index (κ2) is 8.46. The summed E-state index contributed by atoms with van der Waals surface area (Å²) in [5.74, 6) is 0. The molecule has 1 saturated heterocycles. The molecule has 2 aliphatic rings. The monoisotopic (exact) mass is 430 g/mol. The summed E-state index contributed by atoms with van der Waals surface area (Å²) in [6.07, 6.45) is 13.1. The average Bonchev–Trinajstić information content (AvgIpc) is 3.41. The van der Waals surface area contributed by atoms with E-state index in [9.17, 15) is 0 Å². The normalized spacial score (nSPS) is 22.0. The van der Waals surface area contributed by atoms with Crippen molar-refractivity contribution in [2.45, 2.75) is 64.1 Å².